The maximum Gasteiger partial charge on any atom is 0.346 e. The Hall–Kier alpha value is -4.15. The highest BCUT2D eigenvalue weighted by Gasteiger charge is 2.21. The smallest absolute Gasteiger partial charge is 0.346 e. The van der Waals surface area contributed by atoms with Crippen LogP contribution in [0.5, 0.6) is 11.5 Å². The van der Waals surface area contributed by atoms with Crippen molar-refractivity contribution in [1.29, 1.82) is 0 Å². The van der Waals surface area contributed by atoms with Crippen LogP contribution in [-0.4, -0.2) is 42.2 Å². The molecule has 198 valence electrons. The number of methoxy groups -OCH3 is 2. The number of esters is 1. The molecule has 0 amide bonds. The molecule has 0 aliphatic rings. The molecule has 3 aromatic carbocycles. The molecule has 0 saturated heterocycles. The first-order valence-electron chi connectivity index (χ1n) is 11.7. The van der Waals surface area contributed by atoms with Gasteiger partial charge in [-0.1, -0.05) is 29.8 Å². The van der Waals surface area contributed by atoms with Gasteiger partial charge in [0.25, 0.3) is 5.56 Å². The SMILES string of the molecule is COC(=O)[C@@H](C)Oc1c(Br)cc(Cl)cc1C=Nn1c(-c2cc3c(OC)cccc3o2)nc2ccccc2c1=O. The van der Waals surface area contributed by atoms with Crippen molar-refractivity contribution >= 4 is 61.6 Å². The van der Waals surface area contributed by atoms with Crippen LogP contribution in [0.15, 0.2) is 79.4 Å². The monoisotopic (exact) mass is 609 g/mol. The van der Waals surface area contributed by atoms with Crippen LogP contribution in [0.4, 0.5) is 0 Å². The number of furan rings is 1. The van der Waals surface area contributed by atoms with Gasteiger partial charge in [-0.3, -0.25) is 4.79 Å². The van der Waals surface area contributed by atoms with Crippen molar-refractivity contribution in [2.75, 3.05) is 14.2 Å². The maximum atomic E-state index is 13.6. The molecule has 0 saturated carbocycles. The molecule has 39 heavy (non-hydrogen) atoms. The zero-order valence-corrected chi connectivity index (χ0v) is 23.3. The first kappa shape index (κ1) is 26.5. The number of ether oxygens (including phenoxy) is 3. The number of halogens is 2. The first-order valence-corrected chi connectivity index (χ1v) is 12.8. The van der Waals surface area contributed by atoms with Crippen LogP contribution in [-0.2, 0) is 9.53 Å². The second-order valence-corrected chi connectivity index (χ2v) is 9.68. The van der Waals surface area contributed by atoms with Crippen molar-refractivity contribution in [2.24, 2.45) is 5.10 Å². The summed E-state index contributed by atoms with van der Waals surface area (Å²) in [5.41, 5.74) is 1.04. The van der Waals surface area contributed by atoms with Crippen LogP contribution >= 0.6 is 27.5 Å². The summed E-state index contributed by atoms with van der Waals surface area (Å²) in [4.78, 5) is 30.3. The van der Waals surface area contributed by atoms with Crippen molar-refractivity contribution in [3.63, 3.8) is 0 Å². The fourth-order valence-corrected chi connectivity index (χ4v) is 4.95. The van der Waals surface area contributed by atoms with Gasteiger partial charge in [0.15, 0.2) is 11.9 Å². The molecule has 2 heterocycles. The van der Waals surface area contributed by atoms with E-state index in [-0.39, 0.29) is 11.6 Å². The van der Waals surface area contributed by atoms with Crippen LogP contribution in [0.25, 0.3) is 33.5 Å². The lowest BCUT2D eigenvalue weighted by Gasteiger charge is -2.16. The summed E-state index contributed by atoms with van der Waals surface area (Å²) in [6.07, 6.45) is 0.492. The largest absolute Gasteiger partial charge is 0.496 e. The Morgan fingerprint density at radius 3 is 2.69 bits per heavy atom. The second kappa shape index (κ2) is 10.9. The molecule has 0 aliphatic heterocycles. The Labute approximate surface area is 235 Å². The molecule has 0 bridgehead atoms. The van der Waals surface area contributed by atoms with Gasteiger partial charge in [0, 0.05) is 10.6 Å². The van der Waals surface area contributed by atoms with Gasteiger partial charge in [-0.2, -0.15) is 9.78 Å². The lowest BCUT2D eigenvalue weighted by atomic mass is 10.2. The third-order valence-corrected chi connectivity index (χ3v) is 6.70. The topological polar surface area (TPSA) is 105 Å². The van der Waals surface area contributed by atoms with Gasteiger partial charge < -0.3 is 18.6 Å². The summed E-state index contributed by atoms with van der Waals surface area (Å²) in [5.74, 6) is 0.846. The highest BCUT2D eigenvalue weighted by Crippen LogP contribution is 2.34. The molecule has 0 N–H and O–H groups in total. The van der Waals surface area contributed by atoms with E-state index < -0.39 is 17.6 Å². The zero-order chi connectivity index (χ0) is 27.7. The number of hydrogen-bond acceptors (Lipinski definition) is 8. The third-order valence-electron chi connectivity index (χ3n) is 5.89. The average molecular weight is 611 g/mol. The van der Waals surface area contributed by atoms with E-state index in [0.717, 1.165) is 10.1 Å². The molecule has 11 heteroatoms. The van der Waals surface area contributed by atoms with E-state index in [9.17, 15) is 9.59 Å². The normalized spacial score (nSPS) is 12.2. The molecule has 5 aromatic rings. The van der Waals surface area contributed by atoms with E-state index in [2.05, 4.69) is 21.0 Å². The zero-order valence-electron chi connectivity index (χ0n) is 21.0. The summed E-state index contributed by atoms with van der Waals surface area (Å²) in [5, 5.41) is 5.96. The molecule has 0 unspecified atom stereocenters. The Morgan fingerprint density at radius 1 is 1.13 bits per heavy atom. The van der Waals surface area contributed by atoms with Crippen molar-refractivity contribution < 1.29 is 23.4 Å². The van der Waals surface area contributed by atoms with Crippen LogP contribution in [0.1, 0.15) is 12.5 Å². The number of para-hydroxylation sites is 1. The number of carbonyl (C=O) groups excluding carboxylic acids is 1. The van der Waals surface area contributed by atoms with Crippen LogP contribution in [0.2, 0.25) is 5.02 Å². The molecule has 0 spiro atoms. The number of carbonyl (C=O) groups is 1. The minimum atomic E-state index is -0.911. The Bertz CT molecular complexity index is 1810. The molecular weight excluding hydrogens is 590 g/mol. The van der Waals surface area contributed by atoms with Crippen LogP contribution in [0.3, 0.4) is 0 Å². The quantitative estimate of drug-likeness (QED) is 0.163. The van der Waals surface area contributed by atoms with E-state index in [1.807, 2.05) is 6.07 Å². The van der Waals surface area contributed by atoms with E-state index in [1.165, 1.54) is 13.3 Å². The molecule has 2 aromatic heterocycles. The maximum absolute atomic E-state index is 13.6. The van der Waals surface area contributed by atoms with Gasteiger partial charge in [-0.05, 0) is 65.3 Å². The molecule has 0 radical (unpaired) electrons. The molecule has 0 aliphatic carbocycles. The number of aromatic nitrogens is 2. The highest BCUT2D eigenvalue weighted by atomic mass is 79.9. The lowest BCUT2D eigenvalue weighted by Crippen LogP contribution is -2.25. The predicted octanol–water partition coefficient (Wildman–Crippen LogP) is 6.06. The van der Waals surface area contributed by atoms with E-state index in [4.69, 9.17) is 35.2 Å². The Balaban J connectivity index is 1.69. The standard InChI is InChI=1S/C28H21BrClN3O6/c1-15(28(35)37-3)38-25-16(11-17(30)12-20(25)29)14-31-33-26(32-21-8-5-4-7-18(21)27(33)34)24-13-19-22(36-2)9-6-10-23(19)39-24/h4-15H,1-3H3/t15-/m1/s1. The summed E-state index contributed by atoms with van der Waals surface area (Å²) >= 11 is 9.72. The highest BCUT2D eigenvalue weighted by molar-refractivity contribution is 9.10. The average Bonchev–Trinajstić information content (AvgIpc) is 3.38. The van der Waals surface area contributed by atoms with Gasteiger partial charge in [0.2, 0.25) is 5.82 Å². The Kier molecular flexibility index (Phi) is 7.40. The van der Waals surface area contributed by atoms with Gasteiger partial charge in [-0.25, -0.2) is 9.78 Å². The van der Waals surface area contributed by atoms with E-state index in [1.54, 1.807) is 68.6 Å². The first-order chi connectivity index (χ1) is 18.8. The number of nitrogens with zero attached hydrogens (tertiary/aromatic N) is 3. The van der Waals surface area contributed by atoms with Crippen molar-refractivity contribution in [3.05, 3.63) is 86.1 Å². The third kappa shape index (κ3) is 5.13. The fraction of sp³-hybridized carbons (Fsp3) is 0.143. The second-order valence-electron chi connectivity index (χ2n) is 8.39. The van der Waals surface area contributed by atoms with Gasteiger partial charge in [0.1, 0.15) is 17.1 Å². The predicted molar refractivity (Wildman–Crippen MR) is 152 cm³/mol. The van der Waals surface area contributed by atoms with Crippen LogP contribution in [0, 0.1) is 0 Å². The van der Waals surface area contributed by atoms with E-state index in [0.29, 0.717) is 43.1 Å². The van der Waals surface area contributed by atoms with Crippen molar-refractivity contribution in [2.45, 2.75) is 13.0 Å². The fourth-order valence-electron chi connectivity index (χ4n) is 4.02. The number of hydrogen-bond donors (Lipinski definition) is 0. The lowest BCUT2D eigenvalue weighted by molar-refractivity contribution is -0.147. The van der Waals surface area contributed by atoms with Crippen LogP contribution < -0.4 is 15.0 Å². The molecular formula is C28H21BrClN3O6. The molecule has 0 fully saturated rings. The van der Waals surface area contributed by atoms with Crippen molar-refractivity contribution in [1.82, 2.24) is 9.66 Å². The summed E-state index contributed by atoms with van der Waals surface area (Å²) in [7, 11) is 2.84. The summed E-state index contributed by atoms with van der Waals surface area (Å²) < 4.78 is 23.8. The Morgan fingerprint density at radius 2 is 1.92 bits per heavy atom. The van der Waals surface area contributed by atoms with Crippen molar-refractivity contribution in [3.8, 4) is 23.1 Å². The number of rotatable bonds is 7. The number of benzene rings is 3. The summed E-state index contributed by atoms with van der Waals surface area (Å²) in [6, 6.07) is 17.3. The van der Waals surface area contributed by atoms with Gasteiger partial charge >= 0.3 is 5.97 Å². The van der Waals surface area contributed by atoms with E-state index >= 15 is 0 Å². The molecule has 1 atom stereocenters. The number of fused-ring (bicyclic) bond motifs is 2. The minimum absolute atomic E-state index is 0.180. The summed E-state index contributed by atoms with van der Waals surface area (Å²) in [6.45, 7) is 1.56. The minimum Gasteiger partial charge on any atom is -0.496 e. The van der Waals surface area contributed by atoms with Gasteiger partial charge in [0.05, 0.1) is 41.2 Å². The van der Waals surface area contributed by atoms with Gasteiger partial charge in [-0.15, -0.1) is 0 Å². The molecule has 5 rings (SSSR count). The molecule has 9 nitrogen and oxygen atoms in total.